The van der Waals surface area contributed by atoms with Crippen LogP contribution in [0, 0.1) is 11.6 Å². The fourth-order valence-electron chi connectivity index (χ4n) is 1.10. The molecule has 0 heterocycles. The largest absolute Gasteiger partial charge is 0.330 e. The third-order valence-electron chi connectivity index (χ3n) is 1.94. The molecule has 0 radical (unpaired) electrons. The number of hydrogen-bond donors (Lipinski definition) is 2. The van der Waals surface area contributed by atoms with Crippen LogP contribution >= 0.6 is 28.3 Å². The number of hydrogen-bond acceptors (Lipinski definition) is 3. The van der Waals surface area contributed by atoms with Crippen molar-refractivity contribution in [2.24, 2.45) is 5.73 Å². The fraction of sp³-hybridized carbons (Fsp3) is 0.333. The van der Waals surface area contributed by atoms with Gasteiger partial charge in [0.15, 0.2) is 0 Å². The van der Waals surface area contributed by atoms with Gasteiger partial charge in [0, 0.05) is 12.6 Å². The van der Waals surface area contributed by atoms with Gasteiger partial charge in [-0.2, -0.15) is 0 Å². The van der Waals surface area contributed by atoms with Gasteiger partial charge >= 0.3 is 0 Å². The summed E-state index contributed by atoms with van der Waals surface area (Å²) in [5, 5.41) is 0. The third kappa shape index (κ3) is 4.43. The van der Waals surface area contributed by atoms with Gasteiger partial charge in [0.25, 0.3) is 0 Å². The second-order valence-corrected chi connectivity index (χ2v) is 5.83. The number of nitrogens with one attached hydrogen (secondary N) is 1. The molecule has 0 saturated carbocycles. The maximum absolute atomic E-state index is 13.3. The first-order valence-corrected chi connectivity index (χ1v) is 7.00. The highest BCUT2D eigenvalue weighted by Gasteiger charge is 2.20. The summed E-state index contributed by atoms with van der Waals surface area (Å²) in [6.45, 7) is 0.422. The van der Waals surface area contributed by atoms with Crippen molar-refractivity contribution in [3.63, 3.8) is 0 Å². The first kappa shape index (κ1) is 17.7. The molecule has 0 spiro atoms. The van der Waals surface area contributed by atoms with Gasteiger partial charge in [-0.25, -0.2) is 21.9 Å². The van der Waals surface area contributed by atoms with Crippen molar-refractivity contribution in [1.29, 1.82) is 0 Å². The molecule has 0 aliphatic heterocycles. The van der Waals surface area contributed by atoms with Crippen molar-refractivity contribution < 1.29 is 17.2 Å². The van der Waals surface area contributed by atoms with Crippen LogP contribution in [0.4, 0.5) is 8.78 Å². The van der Waals surface area contributed by atoms with Crippen LogP contribution in [0.5, 0.6) is 0 Å². The summed E-state index contributed by atoms with van der Waals surface area (Å²) < 4.78 is 51.6. The zero-order valence-electron chi connectivity index (χ0n) is 9.12. The lowest BCUT2D eigenvalue weighted by Gasteiger charge is -2.08. The van der Waals surface area contributed by atoms with E-state index in [1.807, 2.05) is 0 Å². The van der Waals surface area contributed by atoms with E-state index in [0.717, 1.165) is 6.07 Å². The summed E-state index contributed by atoms with van der Waals surface area (Å²) >= 11 is 2.80. The van der Waals surface area contributed by atoms with Gasteiger partial charge in [0.1, 0.15) is 16.5 Å². The number of halogens is 4. The summed E-state index contributed by atoms with van der Waals surface area (Å²) in [4.78, 5) is -0.595. The average Bonchev–Trinajstić information content (AvgIpc) is 2.23. The van der Waals surface area contributed by atoms with Crippen molar-refractivity contribution in [3.05, 3.63) is 28.2 Å². The smallest absolute Gasteiger partial charge is 0.243 e. The zero-order chi connectivity index (χ0) is 13.1. The first-order chi connectivity index (χ1) is 7.88. The van der Waals surface area contributed by atoms with Gasteiger partial charge in [0.05, 0.1) is 4.47 Å². The van der Waals surface area contributed by atoms with Crippen molar-refractivity contribution in [1.82, 2.24) is 4.72 Å². The lowest BCUT2D eigenvalue weighted by Crippen LogP contribution is -2.27. The standard InChI is InChI=1S/C9H11BrF2N2O2S.ClH/c10-6-4-9(8(12)5-7(6)11)17(15,16)14-3-1-2-13;/h4-5,14H,1-3,13H2;1H. The van der Waals surface area contributed by atoms with Crippen LogP contribution in [0.25, 0.3) is 0 Å². The summed E-state index contributed by atoms with van der Waals surface area (Å²) in [6, 6.07) is 1.40. The van der Waals surface area contributed by atoms with Crippen LogP contribution in [-0.2, 0) is 10.0 Å². The predicted octanol–water partition coefficient (Wildman–Crippen LogP) is 1.78. The van der Waals surface area contributed by atoms with E-state index in [2.05, 4.69) is 20.7 Å². The van der Waals surface area contributed by atoms with Crippen molar-refractivity contribution in [3.8, 4) is 0 Å². The molecule has 9 heteroatoms. The Labute approximate surface area is 119 Å². The Bertz CT molecular complexity index is 514. The van der Waals surface area contributed by atoms with Crippen LogP contribution in [-0.4, -0.2) is 21.5 Å². The molecular weight excluding hydrogens is 354 g/mol. The number of rotatable bonds is 5. The van der Waals surface area contributed by atoms with Gasteiger partial charge in [-0.3, -0.25) is 0 Å². The minimum absolute atomic E-state index is 0. The molecule has 0 fully saturated rings. The SMILES string of the molecule is Cl.NCCCNS(=O)(=O)c1cc(Br)c(F)cc1F. The molecule has 0 aromatic heterocycles. The fourth-order valence-corrected chi connectivity index (χ4v) is 2.75. The lowest BCUT2D eigenvalue weighted by molar-refractivity contribution is 0.540. The Hall–Kier alpha value is -0.280. The topological polar surface area (TPSA) is 72.2 Å². The molecule has 104 valence electrons. The van der Waals surface area contributed by atoms with Crippen molar-refractivity contribution >= 4 is 38.4 Å². The van der Waals surface area contributed by atoms with Gasteiger partial charge < -0.3 is 5.73 Å². The van der Waals surface area contributed by atoms with Gasteiger partial charge in [-0.1, -0.05) is 0 Å². The maximum atomic E-state index is 13.3. The molecule has 0 bridgehead atoms. The minimum atomic E-state index is -3.98. The van der Waals surface area contributed by atoms with Crippen molar-refractivity contribution in [2.45, 2.75) is 11.3 Å². The highest BCUT2D eigenvalue weighted by atomic mass is 79.9. The van der Waals surface area contributed by atoms with Crippen LogP contribution in [0.1, 0.15) is 6.42 Å². The Morgan fingerprint density at radius 3 is 2.44 bits per heavy atom. The summed E-state index contributed by atoms with van der Waals surface area (Å²) in [5.74, 6) is -1.99. The Kier molecular flexibility index (Phi) is 7.23. The molecule has 4 nitrogen and oxygen atoms in total. The second kappa shape index (κ2) is 7.34. The van der Waals surface area contributed by atoms with E-state index >= 15 is 0 Å². The molecule has 1 rings (SSSR count). The Morgan fingerprint density at radius 1 is 1.28 bits per heavy atom. The number of sulfonamides is 1. The molecule has 1 aromatic carbocycles. The zero-order valence-corrected chi connectivity index (χ0v) is 12.3. The van der Waals surface area contributed by atoms with E-state index in [-0.39, 0.29) is 23.4 Å². The van der Waals surface area contributed by atoms with E-state index in [9.17, 15) is 17.2 Å². The van der Waals surface area contributed by atoms with Crippen LogP contribution in [0.3, 0.4) is 0 Å². The second-order valence-electron chi connectivity index (χ2n) is 3.24. The lowest BCUT2D eigenvalue weighted by atomic mass is 10.3. The number of benzene rings is 1. The molecule has 0 aliphatic carbocycles. The Balaban J connectivity index is 0.00000289. The summed E-state index contributed by atoms with van der Waals surface area (Å²) in [7, 11) is -3.98. The summed E-state index contributed by atoms with van der Waals surface area (Å²) in [5.41, 5.74) is 5.20. The predicted molar refractivity (Wildman–Crippen MR) is 70.2 cm³/mol. The van der Waals surface area contributed by atoms with Gasteiger partial charge in [-0.05, 0) is 35.0 Å². The van der Waals surface area contributed by atoms with E-state index in [1.54, 1.807) is 0 Å². The van der Waals surface area contributed by atoms with Gasteiger partial charge in [0.2, 0.25) is 10.0 Å². The molecule has 0 atom stereocenters. The first-order valence-electron chi connectivity index (χ1n) is 4.73. The molecule has 0 unspecified atom stereocenters. The third-order valence-corrected chi connectivity index (χ3v) is 4.02. The number of nitrogens with two attached hydrogens (primary N) is 1. The molecule has 3 N–H and O–H groups in total. The minimum Gasteiger partial charge on any atom is -0.330 e. The van der Waals surface area contributed by atoms with Crippen LogP contribution in [0.15, 0.2) is 21.5 Å². The Morgan fingerprint density at radius 2 is 1.89 bits per heavy atom. The highest BCUT2D eigenvalue weighted by Crippen LogP contribution is 2.23. The highest BCUT2D eigenvalue weighted by molar-refractivity contribution is 9.10. The molecule has 0 amide bonds. The van der Waals surface area contributed by atoms with E-state index in [4.69, 9.17) is 5.73 Å². The normalized spacial score (nSPS) is 11.1. The molecule has 0 saturated heterocycles. The van der Waals surface area contributed by atoms with Crippen LogP contribution in [0.2, 0.25) is 0 Å². The molecule has 0 aliphatic rings. The molecule has 1 aromatic rings. The molecule has 18 heavy (non-hydrogen) atoms. The van der Waals surface area contributed by atoms with Crippen molar-refractivity contribution in [2.75, 3.05) is 13.1 Å². The van der Waals surface area contributed by atoms with Gasteiger partial charge in [-0.15, -0.1) is 12.4 Å². The monoisotopic (exact) mass is 364 g/mol. The average molecular weight is 366 g/mol. The summed E-state index contributed by atoms with van der Waals surface area (Å²) in [6.07, 6.45) is 0.434. The van der Waals surface area contributed by atoms with E-state index in [0.29, 0.717) is 19.0 Å². The molecular formula is C9H12BrClF2N2O2S. The van der Waals surface area contributed by atoms with Crippen LogP contribution < -0.4 is 10.5 Å². The quantitative estimate of drug-likeness (QED) is 0.617. The van der Waals surface area contributed by atoms with E-state index in [1.165, 1.54) is 0 Å². The maximum Gasteiger partial charge on any atom is 0.243 e. The van der Waals surface area contributed by atoms with E-state index < -0.39 is 26.6 Å².